The third-order valence-corrected chi connectivity index (χ3v) is 3.56. The molecule has 0 aromatic heterocycles. The lowest BCUT2D eigenvalue weighted by atomic mass is 10.2. The number of esters is 1. The van der Waals surface area contributed by atoms with E-state index in [-0.39, 0.29) is 18.3 Å². The third kappa shape index (κ3) is 3.05. The van der Waals surface area contributed by atoms with Crippen LogP contribution in [0.4, 0.5) is 0 Å². The van der Waals surface area contributed by atoms with Crippen LogP contribution in [-0.2, 0) is 14.3 Å². The minimum Gasteiger partial charge on any atom is -0.466 e. The van der Waals surface area contributed by atoms with Gasteiger partial charge in [0, 0.05) is 6.54 Å². The molecule has 1 atom stereocenters. The summed E-state index contributed by atoms with van der Waals surface area (Å²) < 4.78 is 5.30. The number of ether oxygens (including phenoxy) is 1. The maximum absolute atomic E-state index is 11.8. The average Bonchev–Trinajstić information content (AvgIpc) is 2.47. The Balaban J connectivity index is 2.58. The van der Waals surface area contributed by atoms with E-state index in [0.29, 0.717) is 17.5 Å². The van der Waals surface area contributed by atoms with E-state index in [1.54, 1.807) is 13.0 Å². The van der Waals surface area contributed by atoms with E-state index in [0.717, 1.165) is 0 Å². The molecule has 1 saturated heterocycles. The van der Waals surface area contributed by atoms with Crippen molar-refractivity contribution in [2.75, 3.05) is 13.2 Å². The molecule has 1 fully saturated rings. The van der Waals surface area contributed by atoms with Crippen LogP contribution >= 0.6 is 24.0 Å². The normalized spacial score (nSPS) is 20.1. The zero-order valence-electron chi connectivity index (χ0n) is 8.97. The molecule has 0 radical (unpaired) electrons. The second-order valence-corrected chi connectivity index (χ2v) is 4.96. The second-order valence-electron chi connectivity index (χ2n) is 3.12. The average molecular weight is 259 g/mol. The molecule has 0 aromatic rings. The fourth-order valence-corrected chi connectivity index (χ4v) is 2.79. The fourth-order valence-electron chi connectivity index (χ4n) is 1.29. The molecular weight excluding hydrogens is 246 g/mol. The van der Waals surface area contributed by atoms with Crippen molar-refractivity contribution in [2.24, 2.45) is 0 Å². The summed E-state index contributed by atoms with van der Waals surface area (Å²) >= 11 is 6.28. The number of hydrogen-bond acceptors (Lipinski definition) is 5. The third-order valence-electron chi connectivity index (χ3n) is 1.97. The lowest BCUT2D eigenvalue weighted by molar-refractivity contribution is -0.144. The number of carbonyl (C=O) groups excluding carboxylic acids is 2. The van der Waals surface area contributed by atoms with Crippen LogP contribution in [0.2, 0.25) is 0 Å². The molecule has 1 heterocycles. The van der Waals surface area contributed by atoms with E-state index in [4.69, 9.17) is 17.0 Å². The summed E-state index contributed by atoms with van der Waals surface area (Å²) in [5, 5.41) is -0.438. The van der Waals surface area contributed by atoms with Gasteiger partial charge in [-0.3, -0.25) is 14.5 Å². The molecule has 1 aliphatic heterocycles. The Labute approximate surface area is 104 Å². The van der Waals surface area contributed by atoms with Gasteiger partial charge in [-0.05, 0) is 6.92 Å². The van der Waals surface area contributed by atoms with Crippen LogP contribution < -0.4 is 0 Å². The first-order chi connectivity index (χ1) is 7.60. The SMILES string of the molecule is C=CCN1C(=O)C(CC(=O)OCC)SC1=S. The predicted molar refractivity (Wildman–Crippen MR) is 67.1 cm³/mol. The topological polar surface area (TPSA) is 46.6 Å². The zero-order valence-corrected chi connectivity index (χ0v) is 10.6. The van der Waals surface area contributed by atoms with Crippen molar-refractivity contribution in [1.29, 1.82) is 0 Å². The molecule has 1 rings (SSSR count). The molecule has 0 aliphatic carbocycles. The lowest BCUT2D eigenvalue weighted by Crippen LogP contribution is -2.32. The molecule has 88 valence electrons. The molecule has 0 aromatic carbocycles. The summed E-state index contributed by atoms with van der Waals surface area (Å²) in [6.45, 7) is 6.00. The highest BCUT2D eigenvalue weighted by atomic mass is 32.2. The summed E-state index contributed by atoms with van der Waals surface area (Å²) in [7, 11) is 0. The Bertz CT molecular complexity index is 330. The van der Waals surface area contributed by atoms with Gasteiger partial charge >= 0.3 is 5.97 Å². The van der Waals surface area contributed by atoms with Crippen molar-refractivity contribution in [3.05, 3.63) is 12.7 Å². The summed E-state index contributed by atoms with van der Waals surface area (Å²) in [4.78, 5) is 24.5. The first kappa shape index (κ1) is 13.2. The number of nitrogens with zero attached hydrogens (tertiary/aromatic N) is 1. The van der Waals surface area contributed by atoms with Crippen LogP contribution in [0.25, 0.3) is 0 Å². The van der Waals surface area contributed by atoms with Crippen molar-refractivity contribution in [1.82, 2.24) is 4.90 Å². The maximum atomic E-state index is 11.8. The smallest absolute Gasteiger partial charge is 0.307 e. The number of thioether (sulfide) groups is 1. The van der Waals surface area contributed by atoms with Crippen molar-refractivity contribution in [3.63, 3.8) is 0 Å². The summed E-state index contributed by atoms with van der Waals surface area (Å²) in [6.07, 6.45) is 1.68. The molecule has 4 nitrogen and oxygen atoms in total. The summed E-state index contributed by atoms with van der Waals surface area (Å²) in [6, 6.07) is 0. The maximum Gasteiger partial charge on any atom is 0.307 e. The number of thiocarbonyl (C=S) groups is 1. The Hall–Kier alpha value is -0.880. The van der Waals surface area contributed by atoms with E-state index in [2.05, 4.69) is 6.58 Å². The lowest BCUT2D eigenvalue weighted by Gasteiger charge is -2.12. The Morgan fingerprint density at radius 2 is 2.44 bits per heavy atom. The molecule has 16 heavy (non-hydrogen) atoms. The molecular formula is C10H13NO3S2. The van der Waals surface area contributed by atoms with Crippen molar-refractivity contribution in [2.45, 2.75) is 18.6 Å². The number of rotatable bonds is 5. The van der Waals surface area contributed by atoms with E-state index >= 15 is 0 Å². The van der Waals surface area contributed by atoms with E-state index in [9.17, 15) is 9.59 Å². The van der Waals surface area contributed by atoms with Gasteiger partial charge in [-0.1, -0.05) is 30.1 Å². The van der Waals surface area contributed by atoms with E-state index < -0.39 is 5.25 Å². The van der Waals surface area contributed by atoms with Crippen LogP contribution in [0, 0.1) is 0 Å². The van der Waals surface area contributed by atoms with Gasteiger partial charge in [-0.15, -0.1) is 6.58 Å². The van der Waals surface area contributed by atoms with E-state index in [1.807, 2.05) is 0 Å². The number of carbonyl (C=O) groups is 2. The minimum absolute atomic E-state index is 0.0745. The van der Waals surface area contributed by atoms with Gasteiger partial charge in [-0.2, -0.15) is 0 Å². The van der Waals surface area contributed by atoms with Gasteiger partial charge in [0.15, 0.2) is 0 Å². The highest BCUT2D eigenvalue weighted by Gasteiger charge is 2.37. The van der Waals surface area contributed by atoms with Crippen molar-refractivity contribution >= 4 is 40.2 Å². The first-order valence-corrected chi connectivity index (χ1v) is 6.17. The second kappa shape index (κ2) is 6.00. The molecule has 0 saturated carbocycles. The van der Waals surface area contributed by atoms with Crippen molar-refractivity contribution < 1.29 is 14.3 Å². The highest BCUT2D eigenvalue weighted by molar-refractivity contribution is 8.24. The largest absolute Gasteiger partial charge is 0.466 e. The quantitative estimate of drug-likeness (QED) is 0.424. The van der Waals surface area contributed by atoms with Gasteiger partial charge in [0.25, 0.3) is 0 Å². The standard InChI is InChI=1S/C10H13NO3S2/c1-3-5-11-9(13)7(16-10(11)15)6-8(12)14-4-2/h3,7H,1,4-6H2,2H3. The summed E-state index contributed by atoms with van der Waals surface area (Å²) in [5.74, 6) is -0.500. The molecule has 1 unspecified atom stereocenters. The van der Waals surface area contributed by atoms with Gasteiger partial charge in [0.05, 0.1) is 13.0 Å². The Morgan fingerprint density at radius 1 is 1.75 bits per heavy atom. The number of amides is 1. The molecule has 1 aliphatic rings. The highest BCUT2D eigenvalue weighted by Crippen LogP contribution is 2.29. The van der Waals surface area contributed by atoms with Crippen LogP contribution in [0.3, 0.4) is 0 Å². The van der Waals surface area contributed by atoms with Crippen LogP contribution in [0.5, 0.6) is 0 Å². The van der Waals surface area contributed by atoms with Gasteiger partial charge in [0.1, 0.15) is 9.57 Å². The van der Waals surface area contributed by atoms with Crippen molar-refractivity contribution in [3.8, 4) is 0 Å². The molecule has 6 heteroatoms. The van der Waals surface area contributed by atoms with E-state index in [1.165, 1.54) is 16.7 Å². The molecule has 0 spiro atoms. The van der Waals surface area contributed by atoms with Gasteiger partial charge < -0.3 is 4.74 Å². The van der Waals surface area contributed by atoms with Crippen LogP contribution in [-0.4, -0.2) is 39.5 Å². The predicted octanol–water partition coefficient (Wildman–Crippen LogP) is 1.35. The minimum atomic E-state index is -0.438. The Morgan fingerprint density at radius 3 is 3.00 bits per heavy atom. The zero-order chi connectivity index (χ0) is 12.1. The summed E-state index contributed by atoms with van der Waals surface area (Å²) in [5.41, 5.74) is 0. The molecule has 1 amide bonds. The van der Waals surface area contributed by atoms with Crippen LogP contribution in [0.1, 0.15) is 13.3 Å². The number of hydrogen-bond donors (Lipinski definition) is 0. The monoisotopic (exact) mass is 259 g/mol. The first-order valence-electron chi connectivity index (χ1n) is 4.88. The molecule has 0 N–H and O–H groups in total. The fraction of sp³-hybridized carbons (Fsp3) is 0.500. The molecule has 0 bridgehead atoms. The van der Waals surface area contributed by atoms with Crippen LogP contribution in [0.15, 0.2) is 12.7 Å². The Kier molecular flexibility index (Phi) is 4.95. The van der Waals surface area contributed by atoms with Gasteiger partial charge in [0.2, 0.25) is 5.91 Å². The van der Waals surface area contributed by atoms with Gasteiger partial charge in [-0.25, -0.2) is 0 Å².